The van der Waals surface area contributed by atoms with Crippen molar-refractivity contribution >= 4 is 5.91 Å². The van der Waals surface area contributed by atoms with Crippen molar-refractivity contribution in [2.24, 2.45) is 5.92 Å². The molecule has 1 aromatic carbocycles. The molecule has 0 saturated carbocycles. The van der Waals surface area contributed by atoms with Gasteiger partial charge < -0.3 is 10.2 Å². The lowest BCUT2D eigenvalue weighted by Gasteiger charge is -2.35. The van der Waals surface area contributed by atoms with Gasteiger partial charge in [0.15, 0.2) is 0 Å². The maximum atomic E-state index is 12.5. The van der Waals surface area contributed by atoms with E-state index in [9.17, 15) is 18.0 Å². The molecule has 0 radical (unpaired) electrons. The van der Waals surface area contributed by atoms with E-state index >= 15 is 0 Å². The van der Waals surface area contributed by atoms with Crippen LogP contribution in [0.4, 0.5) is 13.2 Å². The average molecular weight is 314 g/mol. The molecule has 6 heteroatoms. The van der Waals surface area contributed by atoms with E-state index in [4.69, 9.17) is 0 Å². The number of carbonyl (C=O) groups is 1. The van der Waals surface area contributed by atoms with Gasteiger partial charge in [0.05, 0.1) is 5.56 Å². The zero-order valence-electron chi connectivity index (χ0n) is 12.8. The number of halogens is 3. The first kappa shape index (κ1) is 16.8. The Hall–Kier alpha value is -1.56. The van der Waals surface area contributed by atoms with E-state index in [1.807, 2.05) is 18.7 Å². The van der Waals surface area contributed by atoms with Crippen LogP contribution in [0.1, 0.15) is 25.0 Å². The fourth-order valence-electron chi connectivity index (χ4n) is 2.72. The second-order valence-corrected chi connectivity index (χ2v) is 5.88. The Balaban J connectivity index is 1.99. The molecule has 2 atom stereocenters. The molecular formula is C16H21F3N2O. The molecule has 1 aromatic rings. The van der Waals surface area contributed by atoms with Crippen molar-refractivity contribution in [3.8, 4) is 0 Å². The quantitative estimate of drug-likeness (QED) is 0.930. The van der Waals surface area contributed by atoms with Gasteiger partial charge in [-0.15, -0.1) is 0 Å². The summed E-state index contributed by atoms with van der Waals surface area (Å²) >= 11 is 0. The average Bonchev–Trinajstić information content (AvgIpc) is 2.46. The van der Waals surface area contributed by atoms with Crippen LogP contribution in [0.3, 0.4) is 0 Å². The monoisotopic (exact) mass is 314 g/mol. The van der Waals surface area contributed by atoms with Crippen LogP contribution < -0.4 is 5.32 Å². The van der Waals surface area contributed by atoms with Gasteiger partial charge in [-0.05, 0) is 31.0 Å². The predicted molar refractivity (Wildman–Crippen MR) is 78.4 cm³/mol. The Morgan fingerprint density at radius 1 is 1.36 bits per heavy atom. The Morgan fingerprint density at radius 2 is 2.00 bits per heavy atom. The summed E-state index contributed by atoms with van der Waals surface area (Å²) in [6.45, 7) is 6.06. The minimum atomic E-state index is -4.32. The molecule has 1 N–H and O–H groups in total. The normalized spacial score (nSPS) is 20.8. The molecule has 2 rings (SSSR count). The molecule has 0 bridgehead atoms. The number of nitrogens with zero attached hydrogens (tertiary/aromatic N) is 1. The summed E-state index contributed by atoms with van der Waals surface area (Å²) in [4.78, 5) is 14.3. The molecule has 3 nitrogen and oxygen atoms in total. The third kappa shape index (κ3) is 4.00. The van der Waals surface area contributed by atoms with Crippen molar-refractivity contribution in [3.05, 3.63) is 35.4 Å². The van der Waals surface area contributed by atoms with Crippen LogP contribution in [0.15, 0.2) is 24.3 Å². The smallest absolute Gasteiger partial charge is 0.337 e. The van der Waals surface area contributed by atoms with Crippen LogP contribution in [0.5, 0.6) is 0 Å². The maximum Gasteiger partial charge on any atom is 0.416 e. The number of hydrogen-bond donors (Lipinski definition) is 1. The number of rotatable bonds is 3. The van der Waals surface area contributed by atoms with E-state index in [0.29, 0.717) is 13.0 Å². The lowest BCUT2D eigenvalue weighted by molar-refractivity contribution is -0.138. The molecule has 122 valence electrons. The van der Waals surface area contributed by atoms with Crippen molar-refractivity contribution < 1.29 is 18.0 Å². The number of hydrogen-bond acceptors (Lipinski definition) is 2. The molecule has 22 heavy (non-hydrogen) atoms. The second kappa shape index (κ2) is 6.69. The number of benzene rings is 1. The van der Waals surface area contributed by atoms with Gasteiger partial charge in [0.1, 0.15) is 0 Å². The fourth-order valence-corrected chi connectivity index (χ4v) is 2.72. The zero-order valence-corrected chi connectivity index (χ0v) is 12.8. The van der Waals surface area contributed by atoms with Crippen molar-refractivity contribution in [2.75, 3.05) is 19.6 Å². The van der Waals surface area contributed by atoms with Crippen LogP contribution in [0.25, 0.3) is 0 Å². The summed E-state index contributed by atoms with van der Waals surface area (Å²) < 4.78 is 37.6. The van der Waals surface area contributed by atoms with Gasteiger partial charge in [-0.25, -0.2) is 0 Å². The molecule has 1 fully saturated rings. The largest absolute Gasteiger partial charge is 0.416 e. The molecular weight excluding hydrogens is 293 g/mol. The molecule has 1 saturated heterocycles. The van der Waals surface area contributed by atoms with Crippen LogP contribution in [0, 0.1) is 5.92 Å². The van der Waals surface area contributed by atoms with Crippen molar-refractivity contribution in [1.29, 1.82) is 0 Å². The predicted octanol–water partition coefficient (Wildman–Crippen LogP) is 2.70. The number of nitrogens with one attached hydrogen (secondary N) is 1. The van der Waals surface area contributed by atoms with Gasteiger partial charge in [-0.2, -0.15) is 13.2 Å². The summed E-state index contributed by atoms with van der Waals surface area (Å²) in [5.41, 5.74) is 0.0857. The van der Waals surface area contributed by atoms with Gasteiger partial charge in [0, 0.05) is 31.6 Å². The Kier molecular flexibility index (Phi) is 5.11. The third-order valence-electron chi connectivity index (χ3n) is 4.03. The standard InChI is InChI=1S/C16H21F3N2O/c1-11(15(22)21-8-7-20-10-12(21)2)9-13-3-5-14(6-4-13)16(17,18)19/h3-6,11-12,20H,7-10H2,1-2H3. The summed E-state index contributed by atoms with van der Waals surface area (Å²) in [7, 11) is 0. The van der Waals surface area contributed by atoms with Crippen LogP contribution >= 0.6 is 0 Å². The molecule has 1 amide bonds. The summed E-state index contributed by atoms with van der Waals surface area (Å²) in [5, 5.41) is 3.23. The first-order chi connectivity index (χ1) is 10.3. The Morgan fingerprint density at radius 3 is 2.55 bits per heavy atom. The highest BCUT2D eigenvalue weighted by molar-refractivity contribution is 5.79. The van der Waals surface area contributed by atoms with E-state index in [2.05, 4.69) is 5.32 Å². The van der Waals surface area contributed by atoms with Gasteiger partial charge in [0.25, 0.3) is 0 Å². The second-order valence-electron chi connectivity index (χ2n) is 5.88. The van der Waals surface area contributed by atoms with E-state index < -0.39 is 11.7 Å². The summed E-state index contributed by atoms with van der Waals surface area (Å²) in [6.07, 6.45) is -3.87. The maximum absolute atomic E-state index is 12.5. The highest BCUT2D eigenvalue weighted by Crippen LogP contribution is 2.29. The van der Waals surface area contributed by atoms with Crippen molar-refractivity contribution in [2.45, 2.75) is 32.5 Å². The lowest BCUT2D eigenvalue weighted by Crippen LogP contribution is -2.53. The van der Waals surface area contributed by atoms with Crippen LogP contribution in [0.2, 0.25) is 0 Å². The Labute approximate surface area is 128 Å². The molecule has 0 aromatic heterocycles. The van der Waals surface area contributed by atoms with E-state index in [0.717, 1.165) is 30.8 Å². The zero-order chi connectivity index (χ0) is 16.3. The summed E-state index contributed by atoms with van der Waals surface area (Å²) in [6, 6.07) is 5.19. The van der Waals surface area contributed by atoms with Crippen LogP contribution in [-0.2, 0) is 17.4 Å². The topological polar surface area (TPSA) is 32.3 Å². The van der Waals surface area contributed by atoms with E-state index in [1.165, 1.54) is 12.1 Å². The summed E-state index contributed by atoms with van der Waals surface area (Å²) in [5.74, 6) is -0.175. The molecule has 1 aliphatic rings. The SMILES string of the molecule is CC(Cc1ccc(C(F)(F)F)cc1)C(=O)N1CCNCC1C. The highest BCUT2D eigenvalue weighted by Gasteiger charge is 2.30. The number of alkyl halides is 3. The van der Waals surface area contributed by atoms with Gasteiger partial charge in [-0.1, -0.05) is 19.1 Å². The molecule has 0 aliphatic carbocycles. The van der Waals surface area contributed by atoms with Gasteiger partial charge >= 0.3 is 6.18 Å². The number of piperazine rings is 1. The molecule has 1 heterocycles. The van der Waals surface area contributed by atoms with Gasteiger partial charge in [0.2, 0.25) is 5.91 Å². The fraction of sp³-hybridized carbons (Fsp3) is 0.562. The Bertz CT molecular complexity index is 513. The minimum absolute atomic E-state index is 0.0638. The van der Waals surface area contributed by atoms with E-state index in [1.54, 1.807) is 0 Å². The lowest BCUT2D eigenvalue weighted by atomic mass is 9.98. The third-order valence-corrected chi connectivity index (χ3v) is 4.03. The van der Waals surface area contributed by atoms with Crippen LogP contribution in [-0.4, -0.2) is 36.5 Å². The van der Waals surface area contributed by atoms with Crippen molar-refractivity contribution in [3.63, 3.8) is 0 Å². The molecule has 1 aliphatic heterocycles. The first-order valence-corrected chi connectivity index (χ1v) is 7.46. The minimum Gasteiger partial charge on any atom is -0.337 e. The number of carbonyl (C=O) groups excluding carboxylic acids is 1. The van der Waals surface area contributed by atoms with Crippen molar-refractivity contribution in [1.82, 2.24) is 10.2 Å². The highest BCUT2D eigenvalue weighted by atomic mass is 19.4. The van der Waals surface area contributed by atoms with E-state index in [-0.39, 0.29) is 17.9 Å². The first-order valence-electron chi connectivity index (χ1n) is 7.46. The number of amides is 1. The molecule has 2 unspecified atom stereocenters. The van der Waals surface area contributed by atoms with Gasteiger partial charge in [-0.3, -0.25) is 4.79 Å². The molecule has 0 spiro atoms.